The zero-order chi connectivity index (χ0) is 11.7. The molecule has 0 unspecified atom stereocenters. The van der Waals surface area contributed by atoms with Gasteiger partial charge in [0.05, 0.1) is 17.3 Å². The second-order valence-electron chi connectivity index (χ2n) is 3.73. The van der Waals surface area contributed by atoms with Gasteiger partial charge in [-0.3, -0.25) is 14.5 Å². The number of imide groups is 1. The minimum absolute atomic E-state index is 0.197. The van der Waals surface area contributed by atoms with Crippen molar-refractivity contribution in [1.82, 2.24) is 0 Å². The average molecular weight is 214 g/mol. The lowest BCUT2D eigenvalue weighted by Gasteiger charge is -2.14. The molecule has 0 N–H and O–H groups in total. The van der Waals surface area contributed by atoms with Crippen LogP contribution < -0.4 is 4.90 Å². The Morgan fingerprint density at radius 3 is 2.44 bits per heavy atom. The fourth-order valence-corrected chi connectivity index (χ4v) is 1.73. The van der Waals surface area contributed by atoms with Gasteiger partial charge in [0, 0.05) is 12.8 Å². The fraction of sp³-hybridized carbons (Fsp3) is 0.250. The summed E-state index contributed by atoms with van der Waals surface area (Å²) in [5, 5.41) is 8.88. The molecule has 4 nitrogen and oxygen atoms in total. The Morgan fingerprint density at radius 2 is 1.88 bits per heavy atom. The molecule has 16 heavy (non-hydrogen) atoms. The number of benzene rings is 1. The van der Waals surface area contributed by atoms with Crippen molar-refractivity contribution < 1.29 is 9.59 Å². The molecule has 0 aromatic heterocycles. The van der Waals surface area contributed by atoms with Gasteiger partial charge in [-0.2, -0.15) is 5.26 Å². The monoisotopic (exact) mass is 214 g/mol. The lowest BCUT2D eigenvalue weighted by molar-refractivity contribution is -0.121. The Bertz CT molecular complexity index is 498. The molecule has 0 spiro atoms. The van der Waals surface area contributed by atoms with Crippen LogP contribution in [0, 0.1) is 18.3 Å². The SMILES string of the molecule is Cc1ccc(N2C(=O)CCC2=O)cc1C#N. The molecular formula is C12H10N2O2. The van der Waals surface area contributed by atoms with Gasteiger partial charge >= 0.3 is 0 Å². The van der Waals surface area contributed by atoms with Crippen LogP contribution >= 0.6 is 0 Å². The van der Waals surface area contributed by atoms with Gasteiger partial charge in [-0.25, -0.2) is 0 Å². The van der Waals surface area contributed by atoms with Crippen molar-refractivity contribution in [3.8, 4) is 6.07 Å². The van der Waals surface area contributed by atoms with E-state index in [0.717, 1.165) is 10.5 Å². The van der Waals surface area contributed by atoms with Crippen molar-refractivity contribution in [2.75, 3.05) is 4.90 Å². The van der Waals surface area contributed by atoms with Crippen molar-refractivity contribution in [1.29, 1.82) is 5.26 Å². The normalized spacial score (nSPS) is 15.4. The van der Waals surface area contributed by atoms with Gasteiger partial charge < -0.3 is 0 Å². The van der Waals surface area contributed by atoms with Crippen molar-refractivity contribution in [3.05, 3.63) is 29.3 Å². The highest BCUT2D eigenvalue weighted by atomic mass is 16.2. The van der Waals surface area contributed by atoms with Gasteiger partial charge in [-0.05, 0) is 24.6 Å². The molecule has 80 valence electrons. The van der Waals surface area contributed by atoms with E-state index >= 15 is 0 Å². The molecule has 1 heterocycles. The molecule has 1 saturated heterocycles. The first-order valence-corrected chi connectivity index (χ1v) is 5.00. The molecule has 2 rings (SSSR count). The van der Waals surface area contributed by atoms with E-state index in [1.165, 1.54) is 0 Å². The first kappa shape index (κ1) is 10.4. The summed E-state index contributed by atoms with van der Waals surface area (Å²) in [4.78, 5) is 24.1. The summed E-state index contributed by atoms with van der Waals surface area (Å²) in [6, 6.07) is 7.05. The van der Waals surface area contributed by atoms with Gasteiger partial charge in [-0.1, -0.05) is 6.07 Å². The number of carbonyl (C=O) groups excluding carboxylic acids is 2. The lowest BCUT2D eigenvalue weighted by Crippen LogP contribution is -2.28. The highest BCUT2D eigenvalue weighted by Crippen LogP contribution is 2.24. The smallest absolute Gasteiger partial charge is 0.234 e. The molecular weight excluding hydrogens is 204 g/mol. The largest absolute Gasteiger partial charge is 0.274 e. The van der Waals surface area contributed by atoms with E-state index in [4.69, 9.17) is 5.26 Å². The highest BCUT2D eigenvalue weighted by molar-refractivity contribution is 6.19. The third kappa shape index (κ3) is 1.57. The third-order valence-corrected chi connectivity index (χ3v) is 2.65. The quantitative estimate of drug-likeness (QED) is 0.666. The zero-order valence-corrected chi connectivity index (χ0v) is 8.86. The Morgan fingerprint density at radius 1 is 1.25 bits per heavy atom. The molecule has 0 radical (unpaired) electrons. The maximum absolute atomic E-state index is 11.5. The van der Waals surface area contributed by atoms with Crippen molar-refractivity contribution in [3.63, 3.8) is 0 Å². The van der Waals surface area contributed by atoms with E-state index in [1.54, 1.807) is 18.2 Å². The second kappa shape index (κ2) is 3.78. The highest BCUT2D eigenvalue weighted by Gasteiger charge is 2.30. The van der Waals surface area contributed by atoms with Crippen LogP contribution in [0.4, 0.5) is 5.69 Å². The number of nitriles is 1. The van der Waals surface area contributed by atoms with Crippen LogP contribution in [0.1, 0.15) is 24.0 Å². The summed E-state index contributed by atoms with van der Waals surface area (Å²) >= 11 is 0. The van der Waals surface area contributed by atoms with Crippen LogP contribution in [0.15, 0.2) is 18.2 Å². The molecule has 4 heteroatoms. The first-order valence-electron chi connectivity index (χ1n) is 5.00. The van der Waals surface area contributed by atoms with E-state index in [1.807, 2.05) is 13.0 Å². The number of hydrogen-bond acceptors (Lipinski definition) is 3. The fourth-order valence-electron chi connectivity index (χ4n) is 1.73. The zero-order valence-electron chi connectivity index (χ0n) is 8.86. The second-order valence-corrected chi connectivity index (χ2v) is 3.73. The number of aryl methyl sites for hydroxylation is 1. The molecule has 1 aliphatic heterocycles. The summed E-state index contributed by atoms with van der Waals surface area (Å²) in [5.74, 6) is -0.393. The van der Waals surface area contributed by atoms with Gasteiger partial charge in [0.25, 0.3) is 0 Å². The average Bonchev–Trinajstić information content (AvgIpc) is 2.60. The maximum atomic E-state index is 11.5. The number of anilines is 1. The van der Waals surface area contributed by atoms with Crippen LogP contribution in [0.2, 0.25) is 0 Å². The molecule has 0 atom stereocenters. The minimum Gasteiger partial charge on any atom is -0.274 e. The Kier molecular flexibility index (Phi) is 2.45. The Labute approximate surface area is 93.1 Å². The van der Waals surface area contributed by atoms with Crippen LogP contribution in [-0.4, -0.2) is 11.8 Å². The van der Waals surface area contributed by atoms with E-state index in [-0.39, 0.29) is 24.7 Å². The molecule has 1 aromatic carbocycles. The van der Waals surface area contributed by atoms with Gasteiger partial charge in [0.15, 0.2) is 0 Å². The van der Waals surface area contributed by atoms with Gasteiger partial charge in [0.1, 0.15) is 0 Å². The molecule has 1 aromatic rings. The number of hydrogen-bond donors (Lipinski definition) is 0. The summed E-state index contributed by atoms with van der Waals surface area (Å²) < 4.78 is 0. The van der Waals surface area contributed by atoms with E-state index in [2.05, 4.69) is 0 Å². The summed E-state index contributed by atoms with van der Waals surface area (Å²) in [6.45, 7) is 1.82. The van der Waals surface area contributed by atoms with Crippen molar-refractivity contribution in [2.24, 2.45) is 0 Å². The van der Waals surface area contributed by atoms with Crippen molar-refractivity contribution >= 4 is 17.5 Å². The topological polar surface area (TPSA) is 61.2 Å². The lowest BCUT2D eigenvalue weighted by atomic mass is 10.1. The van der Waals surface area contributed by atoms with Crippen LogP contribution in [-0.2, 0) is 9.59 Å². The van der Waals surface area contributed by atoms with E-state index in [9.17, 15) is 9.59 Å². The van der Waals surface area contributed by atoms with Crippen LogP contribution in [0.5, 0.6) is 0 Å². The van der Waals surface area contributed by atoms with Gasteiger partial charge in [0.2, 0.25) is 11.8 Å². The number of rotatable bonds is 1. The molecule has 0 bridgehead atoms. The van der Waals surface area contributed by atoms with E-state index in [0.29, 0.717) is 11.3 Å². The molecule has 0 aliphatic carbocycles. The maximum Gasteiger partial charge on any atom is 0.234 e. The predicted octanol–water partition coefficient (Wildman–Crippen LogP) is 1.52. The molecule has 1 aliphatic rings. The molecule has 2 amide bonds. The molecule has 1 fully saturated rings. The Hall–Kier alpha value is -2.15. The summed E-state index contributed by atoms with van der Waals surface area (Å²) in [7, 11) is 0. The predicted molar refractivity (Wildman–Crippen MR) is 57.6 cm³/mol. The van der Waals surface area contributed by atoms with Crippen LogP contribution in [0.25, 0.3) is 0 Å². The molecule has 0 saturated carbocycles. The van der Waals surface area contributed by atoms with Crippen LogP contribution in [0.3, 0.4) is 0 Å². The summed E-state index contributed by atoms with van der Waals surface area (Å²) in [5.41, 5.74) is 1.82. The van der Waals surface area contributed by atoms with Crippen molar-refractivity contribution in [2.45, 2.75) is 19.8 Å². The third-order valence-electron chi connectivity index (χ3n) is 2.65. The minimum atomic E-state index is -0.197. The first-order chi connectivity index (χ1) is 7.63. The number of amides is 2. The van der Waals surface area contributed by atoms with Gasteiger partial charge in [-0.15, -0.1) is 0 Å². The summed E-state index contributed by atoms with van der Waals surface area (Å²) in [6.07, 6.45) is 0.517. The Balaban J connectivity index is 2.45. The number of nitrogens with zero attached hydrogens (tertiary/aromatic N) is 2. The van der Waals surface area contributed by atoms with E-state index < -0.39 is 0 Å². The number of carbonyl (C=O) groups is 2. The standard InChI is InChI=1S/C12H10N2O2/c1-8-2-3-10(6-9(8)7-13)14-11(15)4-5-12(14)16/h2-3,6H,4-5H2,1H3.